The van der Waals surface area contributed by atoms with E-state index in [2.05, 4.69) is 107 Å². The van der Waals surface area contributed by atoms with Crippen molar-refractivity contribution in [1.82, 2.24) is 4.90 Å². The molecule has 0 amide bonds. The number of hydrogen-bond acceptors (Lipinski definition) is 2. The molecular formula is C63H113NO. The van der Waals surface area contributed by atoms with Gasteiger partial charge in [0.05, 0.1) is 6.61 Å². The molecule has 0 bridgehead atoms. The predicted octanol–water partition coefficient (Wildman–Crippen LogP) is 21.0. The third-order valence-corrected chi connectivity index (χ3v) is 13.6. The van der Waals surface area contributed by atoms with Crippen LogP contribution in [0.15, 0.2) is 60.7 Å². The molecule has 0 heterocycles. The molecule has 376 valence electrons. The molecule has 0 saturated carbocycles. The largest absolute Gasteiger partial charge is 0.493 e. The highest BCUT2D eigenvalue weighted by atomic mass is 16.5. The van der Waals surface area contributed by atoms with Gasteiger partial charge in [-0.05, 0) is 133 Å². The maximum absolute atomic E-state index is 6.80. The van der Waals surface area contributed by atoms with Gasteiger partial charge in [-0.25, -0.2) is 0 Å². The Morgan fingerprint density at radius 3 is 1.38 bits per heavy atom. The Hall–Kier alpha value is -2.06. The van der Waals surface area contributed by atoms with Gasteiger partial charge in [-0.3, -0.25) is 0 Å². The van der Waals surface area contributed by atoms with Crippen LogP contribution in [0.25, 0.3) is 0 Å². The molecule has 0 fully saturated rings. The molecule has 0 radical (unpaired) electrons. The van der Waals surface area contributed by atoms with E-state index in [9.17, 15) is 0 Å². The first-order chi connectivity index (χ1) is 32.0. The first-order valence-electron chi connectivity index (χ1n) is 29.1. The molecule has 0 aliphatic carbocycles. The van der Waals surface area contributed by atoms with Crippen LogP contribution in [0.2, 0.25) is 0 Å². The van der Waals surface area contributed by atoms with Crippen molar-refractivity contribution in [3.05, 3.63) is 77.4 Å². The average molecular weight is 901 g/mol. The lowest BCUT2D eigenvalue weighted by atomic mass is 9.93. The Morgan fingerprint density at radius 2 is 0.862 bits per heavy atom. The summed E-state index contributed by atoms with van der Waals surface area (Å²) in [5.41, 5.74) is 4.55. The van der Waals surface area contributed by atoms with E-state index < -0.39 is 0 Å². The van der Waals surface area contributed by atoms with Gasteiger partial charge in [-0.2, -0.15) is 0 Å². The molecule has 1 rings (SSSR count). The zero-order chi connectivity index (χ0) is 46.9. The minimum absolute atomic E-state index is 0.865. The molecule has 2 nitrogen and oxygen atoms in total. The Bertz CT molecular complexity index is 1250. The zero-order valence-electron chi connectivity index (χ0n) is 44.9. The van der Waals surface area contributed by atoms with Crippen LogP contribution in [0.4, 0.5) is 0 Å². The quantitative estimate of drug-likeness (QED) is 0.0367. The Balaban J connectivity index is 2.60. The summed E-state index contributed by atoms with van der Waals surface area (Å²) in [4.78, 5) is 2.32. The van der Waals surface area contributed by atoms with Gasteiger partial charge in [-0.1, -0.05) is 249 Å². The fraction of sp³-hybridized carbons (Fsp3) is 0.778. The van der Waals surface area contributed by atoms with E-state index in [1.165, 1.54) is 262 Å². The van der Waals surface area contributed by atoms with Crippen molar-refractivity contribution in [2.24, 2.45) is 5.92 Å². The molecular weight excluding hydrogens is 787 g/mol. The smallest absolute Gasteiger partial charge is 0.123 e. The molecule has 1 unspecified atom stereocenters. The number of rotatable bonds is 49. The van der Waals surface area contributed by atoms with E-state index >= 15 is 0 Å². The number of unbranched alkanes of at least 4 members (excludes halogenated alkanes) is 29. The summed E-state index contributed by atoms with van der Waals surface area (Å²) < 4.78 is 6.80. The maximum Gasteiger partial charge on any atom is 0.123 e. The van der Waals surface area contributed by atoms with Crippen molar-refractivity contribution in [3.8, 4) is 5.75 Å². The van der Waals surface area contributed by atoms with Crippen molar-refractivity contribution in [3.63, 3.8) is 0 Å². The van der Waals surface area contributed by atoms with E-state index in [1.54, 1.807) is 11.1 Å². The molecule has 1 aromatic rings. The summed E-state index contributed by atoms with van der Waals surface area (Å²) in [5, 5.41) is 0. The van der Waals surface area contributed by atoms with E-state index in [1.807, 2.05) is 0 Å². The van der Waals surface area contributed by atoms with Gasteiger partial charge < -0.3 is 9.64 Å². The highest BCUT2D eigenvalue weighted by molar-refractivity contribution is 5.44. The third-order valence-electron chi connectivity index (χ3n) is 13.6. The standard InChI is InChI=1S/C63H113NO/c1-7-10-13-15-17-19-21-23-25-27-29-31-33-35-40-44-49-54-62-61(53-48-43-39-34-32-30-28-26-24-22-20-18-16-14-11-8-2)56-60(58-64(5)6)57-63(62)65-55-50-45-41-37-36-38-42-47-52-59(4)51-46-12-9-3/h17-20,22-25,56-57,59H,7-16,21,26-55,58H2,1-6H3/b19-17-,20-18+,24-22-,25-23-. The van der Waals surface area contributed by atoms with Crippen molar-refractivity contribution < 1.29 is 4.74 Å². The second kappa shape index (κ2) is 48.4. The van der Waals surface area contributed by atoms with Crippen LogP contribution in [-0.4, -0.2) is 25.6 Å². The fourth-order valence-corrected chi connectivity index (χ4v) is 9.37. The lowest BCUT2D eigenvalue weighted by Gasteiger charge is -2.20. The summed E-state index contributed by atoms with van der Waals surface area (Å²) >= 11 is 0. The van der Waals surface area contributed by atoms with Crippen LogP contribution in [0.1, 0.15) is 288 Å². The van der Waals surface area contributed by atoms with Crippen molar-refractivity contribution in [1.29, 1.82) is 0 Å². The van der Waals surface area contributed by atoms with Gasteiger partial charge in [0.25, 0.3) is 0 Å². The summed E-state index contributed by atoms with van der Waals surface area (Å²) in [6, 6.07) is 4.97. The number of ether oxygens (including phenoxy) is 1. The SMILES string of the molecule is CCCCC/C=C\C/C=C\CCCCCCCCCc1c(CCCCCCCCC/C=C\C=C\CCCCC)cc(CN(C)C)cc1OCCCCCCCCCCC(C)CCCCC. The molecule has 0 aliphatic heterocycles. The first-order valence-corrected chi connectivity index (χ1v) is 29.1. The average Bonchev–Trinajstić information content (AvgIpc) is 3.29. The Labute approximate surface area is 408 Å². The molecule has 0 aliphatic rings. The molecule has 0 saturated heterocycles. The van der Waals surface area contributed by atoms with Gasteiger partial charge >= 0.3 is 0 Å². The van der Waals surface area contributed by atoms with Crippen LogP contribution in [-0.2, 0) is 19.4 Å². The number of hydrogen-bond donors (Lipinski definition) is 0. The van der Waals surface area contributed by atoms with Crippen molar-refractivity contribution >= 4 is 0 Å². The van der Waals surface area contributed by atoms with Gasteiger partial charge in [0.2, 0.25) is 0 Å². The monoisotopic (exact) mass is 900 g/mol. The van der Waals surface area contributed by atoms with Crippen LogP contribution in [0, 0.1) is 5.92 Å². The Kier molecular flexibility index (Phi) is 45.4. The number of benzene rings is 1. The van der Waals surface area contributed by atoms with Crippen LogP contribution in [0.3, 0.4) is 0 Å². The second-order valence-electron chi connectivity index (χ2n) is 20.6. The van der Waals surface area contributed by atoms with Gasteiger partial charge in [0, 0.05) is 6.54 Å². The molecule has 0 spiro atoms. The van der Waals surface area contributed by atoms with Crippen LogP contribution >= 0.6 is 0 Å². The number of nitrogens with zero attached hydrogens (tertiary/aromatic N) is 1. The Morgan fingerprint density at radius 1 is 0.446 bits per heavy atom. The van der Waals surface area contributed by atoms with Crippen molar-refractivity contribution in [2.75, 3.05) is 20.7 Å². The third kappa shape index (κ3) is 40.7. The topological polar surface area (TPSA) is 12.5 Å². The van der Waals surface area contributed by atoms with E-state index in [4.69, 9.17) is 4.74 Å². The van der Waals surface area contributed by atoms with E-state index in [0.717, 1.165) is 25.5 Å². The molecule has 2 heteroatoms. The lowest BCUT2D eigenvalue weighted by Crippen LogP contribution is -2.12. The predicted molar refractivity (Wildman–Crippen MR) is 295 cm³/mol. The zero-order valence-corrected chi connectivity index (χ0v) is 44.9. The number of aryl methyl sites for hydroxylation is 1. The molecule has 65 heavy (non-hydrogen) atoms. The minimum Gasteiger partial charge on any atom is -0.493 e. The summed E-state index contributed by atoms with van der Waals surface area (Å²) in [5.74, 6) is 2.14. The van der Waals surface area contributed by atoms with E-state index in [-0.39, 0.29) is 0 Å². The molecule has 1 atom stereocenters. The lowest BCUT2D eigenvalue weighted by molar-refractivity contribution is 0.299. The van der Waals surface area contributed by atoms with Crippen LogP contribution in [0.5, 0.6) is 5.75 Å². The normalized spacial score (nSPS) is 12.7. The molecule has 0 N–H and O–H groups in total. The summed E-state index contributed by atoms with van der Waals surface area (Å²) in [6.45, 7) is 11.2. The van der Waals surface area contributed by atoms with Crippen molar-refractivity contribution in [2.45, 2.75) is 291 Å². The number of allylic oxidation sites excluding steroid dienone is 8. The van der Waals surface area contributed by atoms with E-state index in [0.29, 0.717) is 0 Å². The second-order valence-corrected chi connectivity index (χ2v) is 20.6. The highest BCUT2D eigenvalue weighted by Crippen LogP contribution is 2.30. The first kappa shape index (κ1) is 61.0. The van der Waals surface area contributed by atoms with Gasteiger partial charge in [0.15, 0.2) is 0 Å². The summed E-state index contributed by atoms with van der Waals surface area (Å²) in [7, 11) is 4.41. The molecule has 1 aromatic carbocycles. The van der Waals surface area contributed by atoms with Gasteiger partial charge in [-0.15, -0.1) is 0 Å². The minimum atomic E-state index is 0.865. The highest BCUT2D eigenvalue weighted by Gasteiger charge is 2.14. The van der Waals surface area contributed by atoms with Gasteiger partial charge in [0.1, 0.15) is 5.75 Å². The maximum atomic E-state index is 6.80. The van der Waals surface area contributed by atoms with Crippen LogP contribution < -0.4 is 4.74 Å². The molecule has 0 aromatic heterocycles. The summed E-state index contributed by atoms with van der Waals surface area (Å²) in [6.07, 6.45) is 72.1. The fourth-order valence-electron chi connectivity index (χ4n) is 9.37.